The number of carbonyl (C=O) groups is 1. The molecule has 0 bridgehead atoms. The molecule has 2 aromatic rings. The van der Waals surface area contributed by atoms with Crippen LogP contribution in [0.3, 0.4) is 0 Å². The first-order valence-electron chi connectivity index (χ1n) is 12.2. The van der Waals surface area contributed by atoms with Crippen LogP contribution in [0.25, 0.3) is 6.08 Å². The number of benzene rings is 1. The van der Waals surface area contributed by atoms with Crippen molar-refractivity contribution in [3.05, 3.63) is 60.3 Å². The second-order valence-electron chi connectivity index (χ2n) is 9.01. The lowest BCUT2D eigenvalue weighted by Gasteiger charge is -2.36. The third-order valence-electron chi connectivity index (χ3n) is 6.78. The van der Waals surface area contributed by atoms with E-state index in [4.69, 9.17) is 4.74 Å². The topological polar surface area (TPSA) is 48.9 Å². The van der Waals surface area contributed by atoms with Crippen LogP contribution >= 0.6 is 0 Å². The largest absolute Gasteiger partial charge is 0.496 e. The molecule has 0 spiro atoms. The number of carbonyl (C=O) groups excluding carboxylic acids is 1. The second kappa shape index (κ2) is 11.8. The van der Waals surface area contributed by atoms with Crippen LogP contribution in [0.15, 0.2) is 54.7 Å². The standard InChI is InChI=1S/C27H36N4O2/c1-33-25-11-3-2-9-24(25)10-7-17-29-16-6-8-23(22-29)13-14-27(32)31-20-18-30(19-21-31)26-12-4-5-15-28-26/h2-5,7,9-12,15,23H,6,8,13-14,16-22H2,1H3/b10-7+/t23-/m0/s1. The maximum atomic E-state index is 12.8. The van der Waals surface area contributed by atoms with Crippen LogP contribution < -0.4 is 9.64 Å². The summed E-state index contributed by atoms with van der Waals surface area (Å²) in [6, 6.07) is 14.1. The summed E-state index contributed by atoms with van der Waals surface area (Å²) in [5.41, 5.74) is 1.11. The van der Waals surface area contributed by atoms with Crippen LogP contribution in [0.1, 0.15) is 31.2 Å². The number of para-hydroxylation sites is 1. The van der Waals surface area contributed by atoms with E-state index in [9.17, 15) is 4.79 Å². The van der Waals surface area contributed by atoms with Crippen molar-refractivity contribution in [2.24, 2.45) is 5.92 Å². The number of ether oxygens (including phenoxy) is 1. The highest BCUT2D eigenvalue weighted by Gasteiger charge is 2.24. The van der Waals surface area contributed by atoms with Crippen LogP contribution in [0.2, 0.25) is 0 Å². The molecule has 6 heteroatoms. The molecule has 2 aliphatic heterocycles. The SMILES string of the molecule is COc1ccccc1/C=C/CN1CCC[C@@H](CCC(=O)N2CCN(c3ccccn3)CC2)C1. The van der Waals surface area contributed by atoms with Gasteiger partial charge in [0.15, 0.2) is 0 Å². The maximum absolute atomic E-state index is 12.8. The number of hydrogen-bond acceptors (Lipinski definition) is 5. The molecule has 33 heavy (non-hydrogen) atoms. The molecule has 176 valence electrons. The Balaban J connectivity index is 1.18. The summed E-state index contributed by atoms with van der Waals surface area (Å²) in [6.07, 6.45) is 10.3. The number of methoxy groups -OCH3 is 1. The highest BCUT2D eigenvalue weighted by Crippen LogP contribution is 2.23. The molecule has 6 nitrogen and oxygen atoms in total. The summed E-state index contributed by atoms with van der Waals surface area (Å²) < 4.78 is 5.43. The zero-order valence-corrected chi connectivity index (χ0v) is 19.7. The fourth-order valence-electron chi connectivity index (χ4n) is 4.90. The van der Waals surface area contributed by atoms with E-state index in [1.807, 2.05) is 47.5 Å². The van der Waals surface area contributed by atoms with Gasteiger partial charge in [0.05, 0.1) is 7.11 Å². The van der Waals surface area contributed by atoms with Gasteiger partial charge in [-0.2, -0.15) is 0 Å². The lowest BCUT2D eigenvalue weighted by atomic mass is 9.93. The minimum Gasteiger partial charge on any atom is -0.496 e. The van der Waals surface area contributed by atoms with Gasteiger partial charge in [-0.3, -0.25) is 9.69 Å². The Kier molecular flexibility index (Phi) is 8.36. The molecule has 0 radical (unpaired) electrons. The Bertz CT molecular complexity index is 909. The van der Waals surface area contributed by atoms with Crippen molar-refractivity contribution < 1.29 is 9.53 Å². The van der Waals surface area contributed by atoms with E-state index < -0.39 is 0 Å². The molecule has 1 aromatic carbocycles. The van der Waals surface area contributed by atoms with Crippen LogP contribution in [-0.4, -0.2) is 73.6 Å². The number of piperidine rings is 1. The lowest BCUT2D eigenvalue weighted by Crippen LogP contribution is -2.49. The molecule has 3 heterocycles. The molecule has 1 amide bonds. The molecule has 0 N–H and O–H groups in total. The second-order valence-corrected chi connectivity index (χ2v) is 9.01. The van der Waals surface area contributed by atoms with E-state index in [1.165, 1.54) is 12.8 Å². The van der Waals surface area contributed by atoms with Crippen LogP contribution in [0.5, 0.6) is 5.75 Å². The maximum Gasteiger partial charge on any atom is 0.222 e. The number of aromatic nitrogens is 1. The molecule has 1 aromatic heterocycles. The third-order valence-corrected chi connectivity index (χ3v) is 6.78. The summed E-state index contributed by atoms with van der Waals surface area (Å²) in [5, 5.41) is 0. The van der Waals surface area contributed by atoms with E-state index in [-0.39, 0.29) is 0 Å². The molecule has 2 aliphatic rings. The van der Waals surface area contributed by atoms with E-state index in [0.717, 1.165) is 69.4 Å². The molecule has 4 rings (SSSR count). The average Bonchev–Trinajstić information content (AvgIpc) is 2.88. The fourth-order valence-corrected chi connectivity index (χ4v) is 4.90. The number of pyridine rings is 1. The van der Waals surface area contributed by atoms with Gasteiger partial charge in [0.2, 0.25) is 5.91 Å². The predicted molar refractivity (Wildman–Crippen MR) is 133 cm³/mol. The molecular weight excluding hydrogens is 412 g/mol. The molecule has 2 saturated heterocycles. The van der Waals surface area contributed by atoms with Crippen molar-refractivity contribution in [3.8, 4) is 5.75 Å². The summed E-state index contributed by atoms with van der Waals surface area (Å²) in [5.74, 6) is 2.83. The minimum absolute atomic E-state index is 0.309. The van der Waals surface area contributed by atoms with Crippen molar-refractivity contribution in [1.29, 1.82) is 0 Å². The number of rotatable bonds is 8. The van der Waals surface area contributed by atoms with E-state index in [1.54, 1.807) is 7.11 Å². The molecular formula is C27H36N4O2. The van der Waals surface area contributed by atoms with Crippen molar-refractivity contribution in [3.63, 3.8) is 0 Å². The zero-order chi connectivity index (χ0) is 22.9. The smallest absolute Gasteiger partial charge is 0.222 e. The third kappa shape index (κ3) is 6.57. The van der Waals surface area contributed by atoms with Crippen molar-refractivity contribution in [2.45, 2.75) is 25.7 Å². The predicted octanol–water partition coefficient (Wildman–Crippen LogP) is 3.94. The Morgan fingerprint density at radius 1 is 1.09 bits per heavy atom. The van der Waals surface area contributed by atoms with Crippen LogP contribution in [-0.2, 0) is 4.79 Å². The van der Waals surface area contributed by atoms with Gasteiger partial charge < -0.3 is 14.5 Å². The van der Waals surface area contributed by atoms with Gasteiger partial charge >= 0.3 is 0 Å². The molecule has 0 unspecified atom stereocenters. The zero-order valence-electron chi connectivity index (χ0n) is 19.7. The first-order valence-corrected chi connectivity index (χ1v) is 12.2. The highest BCUT2D eigenvalue weighted by atomic mass is 16.5. The van der Waals surface area contributed by atoms with Crippen molar-refractivity contribution in [2.75, 3.05) is 57.8 Å². The summed E-state index contributed by atoms with van der Waals surface area (Å²) in [4.78, 5) is 24.1. The normalized spacial score (nSPS) is 19.7. The first-order chi connectivity index (χ1) is 16.2. The average molecular weight is 449 g/mol. The lowest BCUT2D eigenvalue weighted by molar-refractivity contribution is -0.131. The summed E-state index contributed by atoms with van der Waals surface area (Å²) in [6.45, 7) is 6.46. The number of likely N-dealkylation sites (tertiary alicyclic amines) is 1. The highest BCUT2D eigenvalue weighted by molar-refractivity contribution is 5.76. The molecule has 0 aliphatic carbocycles. The Labute approximate surface area is 197 Å². The first kappa shape index (κ1) is 23.3. The molecule has 0 saturated carbocycles. The van der Waals surface area contributed by atoms with Gasteiger partial charge in [-0.25, -0.2) is 4.98 Å². The summed E-state index contributed by atoms with van der Waals surface area (Å²) >= 11 is 0. The van der Waals surface area contributed by atoms with Gasteiger partial charge in [0, 0.05) is 57.4 Å². The molecule has 2 fully saturated rings. The monoisotopic (exact) mass is 448 g/mol. The van der Waals surface area contributed by atoms with Gasteiger partial charge in [-0.15, -0.1) is 0 Å². The van der Waals surface area contributed by atoms with Crippen LogP contribution in [0.4, 0.5) is 5.82 Å². The van der Waals surface area contributed by atoms with E-state index in [2.05, 4.69) is 33.0 Å². The van der Waals surface area contributed by atoms with Gasteiger partial charge in [-0.05, 0) is 49.9 Å². The number of nitrogens with zero attached hydrogens (tertiary/aromatic N) is 4. The Morgan fingerprint density at radius 2 is 1.91 bits per heavy atom. The van der Waals surface area contributed by atoms with Gasteiger partial charge in [0.1, 0.15) is 11.6 Å². The quantitative estimate of drug-likeness (QED) is 0.612. The van der Waals surface area contributed by atoms with E-state index in [0.29, 0.717) is 18.2 Å². The fraction of sp³-hybridized carbons (Fsp3) is 0.481. The molecule has 1 atom stereocenters. The summed E-state index contributed by atoms with van der Waals surface area (Å²) in [7, 11) is 1.71. The number of piperazine rings is 1. The Hall–Kier alpha value is -2.86. The van der Waals surface area contributed by atoms with Crippen molar-refractivity contribution >= 4 is 17.8 Å². The Morgan fingerprint density at radius 3 is 2.70 bits per heavy atom. The van der Waals surface area contributed by atoms with Gasteiger partial charge in [-0.1, -0.05) is 36.4 Å². The van der Waals surface area contributed by atoms with Crippen molar-refractivity contribution in [1.82, 2.24) is 14.8 Å². The van der Waals surface area contributed by atoms with E-state index >= 15 is 0 Å². The minimum atomic E-state index is 0.309. The van der Waals surface area contributed by atoms with Gasteiger partial charge in [0.25, 0.3) is 0 Å². The number of anilines is 1. The number of hydrogen-bond donors (Lipinski definition) is 0. The number of amides is 1. The van der Waals surface area contributed by atoms with Crippen LogP contribution in [0, 0.1) is 5.92 Å².